The Balaban J connectivity index is 1.57. The van der Waals surface area contributed by atoms with Gasteiger partial charge in [0.25, 0.3) is 0 Å². The summed E-state index contributed by atoms with van der Waals surface area (Å²) in [5.74, 6) is 2.21. The molecule has 0 radical (unpaired) electrons. The van der Waals surface area contributed by atoms with Crippen molar-refractivity contribution in [2.75, 3.05) is 0 Å². The standard InChI is InChI=1S/C30H50O/c1-25(2)15-9-10-23-29(25,7)19-18-28(6)21-11-12-22-26(3,4)24(31)14-16-27(22,5)20(21)13-17-30(23,28)8/h11,20,22-24,31H,9-10,12-19H2,1-8H3/t20-,22-,23+,24-,27+,28+,29-,30-/m0/s1. The number of allylic oxidation sites excluding steroid dienone is 2. The van der Waals surface area contributed by atoms with E-state index >= 15 is 0 Å². The van der Waals surface area contributed by atoms with Gasteiger partial charge in [0.15, 0.2) is 0 Å². The summed E-state index contributed by atoms with van der Waals surface area (Å²) >= 11 is 0. The molecular weight excluding hydrogens is 376 g/mol. The van der Waals surface area contributed by atoms with Crippen molar-refractivity contribution < 1.29 is 5.11 Å². The van der Waals surface area contributed by atoms with Gasteiger partial charge >= 0.3 is 0 Å². The lowest BCUT2D eigenvalue weighted by molar-refractivity contribution is -0.196. The van der Waals surface area contributed by atoms with E-state index in [1.54, 1.807) is 0 Å². The molecule has 0 aliphatic heterocycles. The van der Waals surface area contributed by atoms with Crippen molar-refractivity contribution in [1.29, 1.82) is 0 Å². The lowest BCUT2D eigenvalue weighted by Crippen LogP contribution is -2.64. The number of hydrogen-bond acceptors (Lipinski definition) is 1. The average molecular weight is 427 g/mol. The van der Waals surface area contributed by atoms with Crippen molar-refractivity contribution in [3.63, 3.8) is 0 Å². The molecule has 31 heavy (non-hydrogen) atoms. The van der Waals surface area contributed by atoms with Gasteiger partial charge in [-0.15, -0.1) is 0 Å². The fourth-order valence-electron chi connectivity index (χ4n) is 10.8. The quantitative estimate of drug-likeness (QED) is 0.387. The maximum Gasteiger partial charge on any atom is 0.0594 e. The molecule has 0 aromatic heterocycles. The molecule has 0 aromatic carbocycles. The molecule has 4 saturated carbocycles. The van der Waals surface area contributed by atoms with E-state index in [-0.39, 0.29) is 11.5 Å². The van der Waals surface area contributed by atoms with Gasteiger partial charge in [0, 0.05) is 0 Å². The van der Waals surface area contributed by atoms with Crippen LogP contribution in [-0.4, -0.2) is 11.2 Å². The van der Waals surface area contributed by atoms with Gasteiger partial charge in [-0.3, -0.25) is 0 Å². The fraction of sp³-hybridized carbons (Fsp3) is 0.933. The predicted octanol–water partition coefficient (Wildman–Crippen LogP) is 8.17. The molecule has 0 heterocycles. The van der Waals surface area contributed by atoms with Crippen LogP contribution in [0.5, 0.6) is 0 Å². The minimum absolute atomic E-state index is 0.0369. The van der Waals surface area contributed by atoms with Crippen LogP contribution < -0.4 is 0 Å². The molecule has 5 aliphatic carbocycles. The highest BCUT2D eigenvalue weighted by Crippen LogP contribution is 2.76. The number of aliphatic hydroxyl groups is 1. The third-order valence-corrected chi connectivity index (χ3v) is 13.6. The topological polar surface area (TPSA) is 20.2 Å². The Bertz CT molecular complexity index is 790. The molecule has 5 rings (SSSR count). The summed E-state index contributed by atoms with van der Waals surface area (Å²) in [6, 6.07) is 0. The second-order valence-electron chi connectivity index (χ2n) is 14.9. The number of aliphatic hydroxyl groups excluding tert-OH is 1. The van der Waals surface area contributed by atoms with Crippen LogP contribution in [0.3, 0.4) is 0 Å². The van der Waals surface area contributed by atoms with Crippen molar-refractivity contribution in [3.8, 4) is 0 Å². The zero-order valence-electron chi connectivity index (χ0n) is 21.9. The van der Waals surface area contributed by atoms with Gasteiger partial charge in [0.2, 0.25) is 0 Å². The van der Waals surface area contributed by atoms with E-state index in [4.69, 9.17) is 0 Å². The molecule has 8 atom stereocenters. The smallest absolute Gasteiger partial charge is 0.0594 e. The van der Waals surface area contributed by atoms with Crippen LogP contribution in [0.15, 0.2) is 11.6 Å². The molecule has 0 aromatic rings. The number of hydrogen-bond donors (Lipinski definition) is 1. The first-order valence-corrected chi connectivity index (χ1v) is 13.6. The summed E-state index contributed by atoms with van der Waals surface area (Å²) in [5, 5.41) is 10.9. The van der Waals surface area contributed by atoms with Crippen molar-refractivity contribution >= 4 is 0 Å². The van der Waals surface area contributed by atoms with E-state index in [9.17, 15) is 5.11 Å². The van der Waals surface area contributed by atoms with Gasteiger partial charge in [-0.2, -0.15) is 0 Å². The lowest BCUT2D eigenvalue weighted by Gasteiger charge is -2.72. The first kappa shape index (κ1) is 22.5. The van der Waals surface area contributed by atoms with Crippen LogP contribution in [0.1, 0.15) is 120 Å². The first-order chi connectivity index (χ1) is 14.2. The molecule has 1 nitrogen and oxygen atoms in total. The summed E-state index contributed by atoms with van der Waals surface area (Å²) in [6.45, 7) is 20.6. The Morgan fingerprint density at radius 2 is 1.45 bits per heavy atom. The zero-order chi connectivity index (χ0) is 22.7. The van der Waals surface area contributed by atoms with Gasteiger partial charge in [-0.05, 0) is 108 Å². The minimum atomic E-state index is -0.134. The van der Waals surface area contributed by atoms with Gasteiger partial charge in [-0.25, -0.2) is 0 Å². The second kappa shape index (κ2) is 6.43. The maximum absolute atomic E-state index is 10.9. The highest BCUT2D eigenvalue weighted by atomic mass is 16.3. The SMILES string of the molecule is CC1(C)[C@@H](O)CC[C@]2(C)[C@H]3CC[C@@]4(C)[C@@H]5CCCC(C)(C)[C@@]5(C)CC[C@]4(C)C3=CC[C@@H]12. The fourth-order valence-corrected chi connectivity index (χ4v) is 10.8. The van der Waals surface area contributed by atoms with Crippen LogP contribution >= 0.6 is 0 Å². The van der Waals surface area contributed by atoms with E-state index in [1.165, 1.54) is 57.8 Å². The molecule has 176 valence electrons. The van der Waals surface area contributed by atoms with Crippen LogP contribution in [0.4, 0.5) is 0 Å². The Kier molecular flexibility index (Phi) is 4.66. The average Bonchev–Trinajstić information content (AvgIpc) is 2.68. The Labute approximate surface area is 192 Å². The van der Waals surface area contributed by atoms with Crippen LogP contribution in [-0.2, 0) is 0 Å². The summed E-state index contributed by atoms with van der Waals surface area (Å²) in [4.78, 5) is 0. The largest absolute Gasteiger partial charge is 0.393 e. The highest BCUT2D eigenvalue weighted by Gasteiger charge is 2.68. The van der Waals surface area contributed by atoms with Crippen LogP contribution in [0.2, 0.25) is 0 Å². The molecule has 5 aliphatic rings. The molecule has 0 amide bonds. The minimum Gasteiger partial charge on any atom is -0.393 e. The molecule has 4 fully saturated rings. The molecule has 0 unspecified atom stereocenters. The van der Waals surface area contributed by atoms with Crippen molar-refractivity contribution in [3.05, 3.63) is 11.6 Å². The molecule has 0 spiro atoms. The summed E-state index contributed by atoms with van der Waals surface area (Å²) in [6.07, 6.45) is 15.8. The third-order valence-electron chi connectivity index (χ3n) is 13.6. The zero-order valence-corrected chi connectivity index (χ0v) is 21.9. The summed E-state index contributed by atoms with van der Waals surface area (Å²) in [7, 11) is 0. The van der Waals surface area contributed by atoms with Crippen molar-refractivity contribution in [1.82, 2.24) is 0 Å². The van der Waals surface area contributed by atoms with Gasteiger partial charge in [0.05, 0.1) is 6.10 Å². The number of rotatable bonds is 0. The van der Waals surface area contributed by atoms with Crippen molar-refractivity contribution in [2.45, 2.75) is 126 Å². The molecule has 0 saturated heterocycles. The van der Waals surface area contributed by atoms with Crippen molar-refractivity contribution in [2.24, 2.45) is 50.2 Å². The maximum atomic E-state index is 10.9. The monoisotopic (exact) mass is 426 g/mol. The Hall–Kier alpha value is -0.300. The lowest BCUT2D eigenvalue weighted by atomic mass is 9.32. The Morgan fingerprint density at radius 3 is 2.16 bits per heavy atom. The first-order valence-electron chi connectivity index (χ1n) is 13.6. The van der Waals surface area contributed by atoms with Gasteiger partial charge in [0.1, 0.15) is 0 Å². The Morgan fingerprint density at radius 1 is 0.742 bits per heavy atom. The highest BCUT2D eigenvalue weighted by molar-refractivity contribution is 5.33. The van der Waals surface area contributed by atoms with Gasteiger partial charge < -0.3 is 5.11 Å². The van der Waals surface area contributed by atoms with E-state index < -0.39 is 0 Å². The van der Waals surface area contributed by atoms with E-state index in [2.05, 4.69) is 61.5 Å². The summed E-state index contributed by atoms with van der Waals surface area (Å²) < 4.78 is 0. The van der Waals surface area contributed by atoms with Crippen LogP contribution in [0, 0.1) is 50.2 Å². The van der Waals surface area contributed by atoms with E-state index in [0.29, 0.717) is 33.0 Å². The van der Waals surface area contributed by atoms with E-state index in [0.717, 1.165) is 18.3 Å². The van der Waals surface area contributed by atoms with Crippen LogP contribution in [0.25, 0.3) is 0 Å². The van der Waals surface area contributed by atoms with E-state index in [1.807, 2.05) is 5.57 Å². The molecule has 0 bridgehead atoms. The molecule has 1 N–H and O–H groups in total. The third kappa shape index (κ3) is 2.54. The molecule has 1 heteroatoms. The summed E-state index contributed by atoms with van der Waals surface area (Å²) in [5.41, 5.74) is 4.02. The second-order valence-corrected chi connectivity index (χ2v) is 14.9. The normalized spacial score (nSPS) is 55.2. The number of fused-ring (bicyclic) bond motifs is 7. The van der Waals surface area contributed by atoms with Gasteiger partial charge in [-0.1, -0.05) is 73.5 Å². The molecular formula is C30H50O. The predicted molar refractivity (Wildman–Crippen MR) is 131 cm³/mol.